The average molecular weight is 349 g/mol. The molecule has 0 spiro atoms. The largest absolute Gasteiger partial charge is 0.493 e. The molecule has 2 aromatic carbocycles. The molecule has 4 nitrogen and oxygen atoms in total. The summed E-state index contributed by atoms with van der Waals surface area (Å²) in [5.74, 6) is 3.11. The summed E-state index contributed by atoms with van der Waals surface area (Å²) in [6.07, 6.45) is 6.13. The average Bonchev–Trinajstić information content (AvgIpc) is 3.13. The van der Waals surface area contributed by atoms with Gasteiger partial charge in [-0.3, -0.25) is 0 Å². The molecule has 0 amide bonds. The molecule has 5 rings (SSSR count). The van der Waals surface area contributed by atoms with E-state index in [9.17, 15) is 5.11 Å². The molecular formula is C22H23NO3. The van der Waals surface area contributed by atoms with Crippen LogP contribution in [0.15, 0.2) is 24.3 Å². The molecule has 2 aliphatic rings. The maximum Gasteiger partial charge on any atom is 0.211 e. The van der Waals surface area contributed by atoms with E-state index in [0.29, 0.717) is 0 Å². The van der Waals surface area contributed by atoms with Gasteiger partial charge in [0.1, 0.15) is 0 Å². The van der Waals surface area contributed by atoms with Gasteiger partial charge in [-0.15, -0.1) is 0 Å². The molecule has 4 heteroatoms. The topological polar surface area (TPSA) is 51.6 Å². The molecule has 0 radical (unpaired) electrons. The Morgan fingerprint density at radius 2 is 1.54 bits per heavy atom. The predicted octanol–water partition coefficient (Wildman–Crippen LogP) is 4.63. The maximum atomic E-state index is 10.0. The number of hydrogen-bond acceptors (Lipinski definition) is 4. The Bertz CT molecular complexity index is 1030. The summed E-state index contributed by atoms with van der Waals surface area (Å²) in [6, 6.07) is 7.82. The molecule has 1 aromatic heterocycles. The van der Waals surface area contributed by atoms with Gasteiger partial charge in [0.15, 0.2) is 11.5 Å². The molecule has 26 heavy (non-hydrogen) atoms. The Kier molecular flexibility index (Phi) is 3.49. The van der Waals surface area contributed by atoms with Crippen LogP contribution in [0.4, 0.5) is 0 Å². The minimum Gasteiger partial charge on any atom is -0.493 e. The first-order valence-corrected chi connectivity index (χ1v) is 9.38. The van der Waals surface area contributed by atoms with Crippen LogP contribution in [0.5, 0.6) is 17.4 Å². The van der Waals surface area contributed by atoms with Crippen molar-refractivity contribution in [2.45, 2.75) is 32.1 Å². The summed E-state index contributed by atoms with van der Waals surface area (Å²) in [4.78, 5) is 4.53. The van der Waals surface area contributed by atoms with E-state index in [1.807, 2.05) is 6.07 Å². The Balaban J connectivity index is 1.89. The Morgan fingerprint density at radius 3 is 2.23 bits per heavy atom. The first-order chi connectivity index (χ1) is 12.7. The van der Waals surface area contributed by atoms with E-state index in [0.717, 1.165) is 52.5 Å². The van der Waals surface area contributed by atoms with Gasteiger partial charge in [-0.25, -0.2) is 4.98 Å². The van der Waals surface area contributed by atoms with Crippen LogP contribution >= 0.6 is 0 Å². The van der Waals surface area contributed by atoms with Crippen LogP contribution in [0, 0.1) is 11.8 Å². The number of benzene rings is 2. The SMILES string of the molecule is COc1cc2c3c(c4nc(O)ccc4c2cc1OC)CC1CCCC1C3. The fourth-order valence-electron chi connectivity index (χ4n) is 5.18. The van der Waals surface area contributed by atoms with Crippen LogP contribution < -0.4 is 9.47 Å². The van der Waals surface area contributed by atoms with E-state index in [-0.39, 0.29) is 5.88 Å². The minimum absolute atomic E-state index is 0.0908. The van der Waals surface area contributed by atoms with Crippen molar-refractivity contribution in [2.75, 3.05) is 14.2 Å². The van der Waals surface area contributed by atoms with Gasteiger partial charge in [0.25, 0.3) is 0 Å². The number of pyridine rings is 1. The summed E-state index contributed by atoms with van der Waals surface area (Å²) in [5, 5.41) is 13.5. The normalized spacial score (nSPS) is 21.6. The summed E-state index contributed by atoms with van der Waals surface area (Å²) in [7, 11) is 3.35. The van der Waals surface area contributed by atoms with E-state index in [2.05, 4.69) is 17.1 Å². The van der Waals surface area contributed by atoms with Crippen LogP contribution in [-0.2, 0) is 12.8 Å². The summed E-state index contributed by atoms with van der Waals surface area (Å²) < 4.78 is 11.1. The number of fused-ring (bicyclic) bond motifs is 7. The molecule has 134 valence electrons. The molecular weight excluding hydrogens is 326 g/mol. The predicted molar refractivity (Wildman–Crippen MR) is 102 cm³/mol. The summed E-state index contributed by atoms with van der Waals surface area (Å²) in [5.41, 5.74) is 3.65. The molecule has 1 N–H and O–H groups in total. The van der Waals surface area contributed by atoms with E-state index in [1.54, 1.807) is 20.3 Å². The standard InChI is InChI=1S/C22H23NO3/c1-25-19-10-16-14-6-7-21(24)23-22(14)18-9-13-5-3-4-12(13)8-15(18)17(16)11-20(19)26-2/h6-7,10-13H,3-5,8-9H2,1-2H3,(H,23,24). The minimum atomic E-state index is 0.0908. The van der Waals surface area contributed by atoms with Gasteiger partial charge in [0, 0.05) is 11.5 Å². The van der Waals surface area contributed by atoms with Crippen molar-refractivity contribution in [1.29, 1.82) is 0 Å². The van der Waals surface area contributed by atoms with Crippen LogP contribution in [-0.4, -0.2) is 24.3 Å². The van der Waals surface area contributed by atoms with Crippen molar-refractivity contribution in [1.82, 2.24) is 4.98 Å². The maximum absolute atomic E-state index is 10.0. The third-order valence-electron chi connectivity index (χ3n) is 6.42. The lowest BCUT2D eigenvalue weighted by Crippen LogP contribution is -2.21. The van der Waals surface area contributed by atoms with Crippen molar-refractivity contribution in [3.63, 3.8) is 0 Å². The highest BCUT2D eigenvalue weighted by Crippen LogP contribution is 2.47. The van der Waals surface area contributed by atoms with Gasteiger partial charge in [-0.05, 0) is 77.6 Å². The number of hydrogen-bond donors (Lipinski definition) is 1. The van der Waals surface area contributed by atoms with Crippen molar-refractivity contribution in [3.8, 4) is 17.4 Å². The van der Waals surface area contributed by atoms with Crippen molar-refractivity contribution >= 4 is 21.7 Å². The van der Waals surface area contributed by atoms with Gasteiger partial charge in [-0.1, -0.05) is 6.42 Å². The van der Waals surface area contributed by atoms with E-state index >= 15 is 0 Å². The second kappa shape index (κ2) is 5.76. The summed E-state index contributed by atoms with van der Waals surface area (Å²) >= 11 is 0. The van der Waals surface area contributed by atoms with Crippen LogP contribution in [0.3, 0.4) is 0 Å². The zero-order valence-corrected chi connectivity index (χ0v) is 15.2. The highest BCUT2D eigenvalue weighted by molar-refractivity contribution is 6.10. The Labute approximate surface area is 152 Å². The zero-order valence-electron chi connectivity index (χ0n) is 15.2. The quantitative estimate of drug-likeness (QED) is 0.686. The lowest BCUT2D eigenvalue weighted by atomic mass is 9.75. The van der Waals surface area contributed by atoms with E-state index in [4.69, 9.17) is 9.47 Å². The van der Waals surface area contributed by atoms with Gasteiger partial charge in [-0.2, -0.15) is 0 Å². The number of nitrogens with zero attached hydrogens (tertiary/aromatic N) is 1. The lowest BCUT2D eigenvalue weighted by Gasteiger charge is -2.30. The van der Waals surface area contributed by atoms with Crippen molar-refractivity contribution in [3.05, 3.63) is 35.4 Å². The fourth-order valence-corrected chi connectivity index (χ4v) is 5.18. The van der Waals surface area contributed by atoms with Gasteiger partial charge in [0.05, 0.1) is 19.7 Å². The number of aromatic nitrogens is 1. The smallest absolute Gasteiger partial charge is 0.211 e. The molecule has 3 aromatic rings. The highest BCUT2D eigenvalue weighted by Gasteiger charge is 2.34. The number of rotatable bonds is 2. The third-order valence-corrected chi connectivity index (χ3v) is 6.42. The molecule has 2 atom stereocenters. The molecule has 1 heterocycles. The first-order valence-electron chi connectivity index (χ1n) is 9.38. The molecule has 1 saturated carbocycles. The van der Waals surface area contributed by atoms with Crippen LogP contribution in [0.1, 0.15) is 30.4 Å². The number of methoxy groups -OCH3 is 2. The van der Waals surface area contributed by atoms with Gasteiger partial charge in [0.2, 0.25) is 5.88 Å². The van der Waals surface area contributed by atoms with Gasteiger partial charge >= 0.3 is 0 Å². The second-order valence-corrected chi connectivity index (χ2v) is 7.63. The van der Waals surface area contributed by atoms with E-state index in [1.165, 1.54) is 35.8 Å². The molecule has 0 saturated heterocycles. The molecule has 0 aliphatic heterocycles. The second-order valence-electron chi connectivity index (χ2n) is 7.63. The van der Waals surface area contributed by atoms with Crippen molar-refractivity contribution in [2.24, 2.45) is 11.8 Å². The Hall–Kier alpha value is -2.49. The monoisotopic (exact) mass is 349 g/mol. The molecule has 2 aliphatic carbocycles. The van der Waals surface area contributed by atoms with Crippen LogP contribution in [0.25, 0.3) is 21.7 Å². The molecule has 0 bridgehead atoms. The third kappa shape index (κ3) is 2.17. The van der Waals surface area contributed by atoms with Gasteiger partial charge < -0.3 is 14.6 Å². The molecule has 2 unspecified atom stereocenters. The van der Waals surface area contributed by atoms with Crippen LogP contribution in [0.2, 0.25) is 0 Å². The fraction of sp³-hybridized carbons (Fsp3) is 0.409. The number of ether oxygens (including phenoxy) is 2. The molecule has 1 fully saturated rings. The lowest BCUT2D eigenvalue weighted by molar-refractivity contribution is 0.355. The zero-order chi connectivity index (χ0) is 17.8. The Morgan fingerprint density at radius 1 is 0.885 bits per heavy atom. The first kappa shape index (κ1) is 15.7. The highest BCUT2D eigenvalue weighted by atomic mass is 16.5. The number of aromatic hydroxyl groups is 1. The van der Waals surface area contributed by atoms with Crippen molar-refractivity contribution < 1.29 is 14.6 Å². The summed E-state index contributed by atoms with van der Waals surface area (Å²) in [6.45, 7) is 0. The van der Waals surface area contributed by atoms with E-state index < -0.39 is 0 Å².